The Bertz CT molecular complexity index is 737. The fraction of sp³-hybridized carbons (Fsp3) is 0.700. The molecule has 0 radical (unpaired) electrons. The molecule has 0 saturated carbocycles. The zero-order chi connectivity index (χ0) is 19.4. The third-order valence-corrected chi connectivity index (χ3v) is 7.08. The van der Waals surface area contributed by atoms with E-state index >= 15 is 0 Å². The van der Waals surface area contributed by atoms with Gasteiger partial charge < -0.3 is 25.0 Å². The Balaban J connectivity index is 1.38. The van der Waals surface area contributed by atoms with Crippen LogP contribution in [0.3, 0.4) is 0 Å². The maximum absolute atomic E-state index is 10.8. The number of likely N-dealkylation sites (tertiary alicyclic amines) is 1. The second kappa shape index (κ2) is 7.49. The largest absolute Gasteiger partial charge is 0.387 e. The zero-order valence-corrected chi connectivity index (χ0v) is 16.7. The standard InChI is InChI=1S/C20H28ClN3O4/c1-10-13-4-6-24(19(13)23-9-22-10)20-16(26)15(25)18(28-20)17-14-3-2-12(21)8-11(14)5-7-27-17/h2-3,8,10,13,15-20,22-23,25-26H,4-7,9H2,1H3/t10?,13?,15-,16+,17-,18-,19?,20+/m0/s1. The van der Waals surface area contributed by atoms with Gasteiger partial charge in [0, 0.05) is 30.2 Å². The molecule has 0 spiro atoms. The number of benzene rings is 1. The summed E-state index contributed by atoms with van der Waals surface area (Å²) in [5, 5.41) is 29.3. The van der Waals surface area contributed by atoms with Crippen LogP contribution in [-0.4, -0.2) is 71.7 Å². The zero-order valence-electron chi connectivity index (χ0n) is 15.9. The van der Waals surface area contributed by atoms with Crippen molar-refractivity contribution in [3.8, 4) is 0 Å². The summed E-state index contributed by atoms with van der Waals surface area (Å²) >= 11 is 6.14. The molecule has 28 heavy (non-hydrogen) atoms. The summed E-state index contributed by atoms with van der Waals surface area (Å²) in [6.45, 7) is 4.30. The van der Waals surface area contributed by atoms with Crippen molar-refractivity contribution < 1.29 is 19.7 Å². The minimum absolute atomic E-state index is 0.139. The average molecular weight is 410 g/mol. The number of aliphatic hydroxyl groups is 2. The van der Waals surface area contributed by atoms with Gasteiger partial charge in [-0.2, -0.15) is 0 Å². The fourth-order valence-electron chi connectivity index (χ4n) is 5.33. The van der Waals surface area contributed by atoms with Gasteiger partial charge in [0.25, 0.3) is 0 Å². The first-order valence-corrected chi connectivity index (χ1v) is 10.6. The lowest BCUT2D eigenvalue weighted by Crippen LogP contribution is -2.61. The summed E-state index contributed by atoms with van der Waals surface area (Å²) in [5.74, 6) is 0.453. The summed E-state index contributed by atoms with van der Waals surface area (Å²) < 4.78 is 12.3. The van der Waals surface area contributed by atoms with E-state index in [-0.39, 0.29) is 6.17 Å². The Hall–Kier alpha value is -0.770. The highest BCUT2D eigenvalue weighted by molar-refractivity contribution is 6.30. The van der Waals surface area contributed by atoms with Gasteiger partial charge in [0.15, 0.2) is 0 Å². The molecule has 1 aromatic carbocycles. The second-order valence-electron chi connectivity index (χ2n) is 8.37. The van der Waals surface area contributed by atoms with Gasteiger partial charge in [-0.05, 0) is 43.0 Å². The maximum atomic E-state index is 10.8. The third-order valence-electron chi connectivity index (χ3n) is 6.84. The minimum Gasteiger partial charge on any atom is -0.387 e. The predicted octanol–water partition coefficient (Wildman–Crippen LogP) is 0.587. The summed E-state index contributed by atoms with van der Waals surface area (Å²) in [6, 6.07) is 6.14. The Morgan fingerprint density at radius 2 is 2.07 bits per heavy atom. The number of hydrogen-bond donors (Lipinski definition) is 4. The predicted molar refractivity (Wildman–Crippen MR) is 104 cm³/mol. The molecule has 0 aliphatic carbocycles. The molecule has 3 saturated heterocycles. The first-order chi connectivity index (χ1) is 13.5. The molecule has 3 unspecified atom stereocenters. The number of fused-ring (bicyclic) bond motifs is 2. The number of aliphatic hydroxyl groups excluding tert-OH is 2. The number of rotatable bonds is 2. The van der Waals surface area contributed by atoms with Crippen molar-refractivity contribution in [2.24, 2.45) is 5.92 Å². The lowest BCUT2D eigenvalue weighted by atomic mass is 9.92. The van der Waals surface area contributed by atoms with Crippen LogP contribution in [0.15, 0.2) is 18.2 Å². The van der Waals surface area contributed by atoms with Crippen molar-refractivity contribution >= 4 is 11.6 Å². The highest BCUT2D eigenvalue weighted by Crippen LogP contribution is 2.41. The van der Waals surface area contributed by atoms with Crippen LogP contribution in [0, 0.1) is 5.92 Å². The first kappa shape index (κ1) is 19.2. The molecule has 1 aromatic rings. The van der Waals surface area contributed by atoms with E-state index in [9.17, 15) is 10.2 Å². The maximum Gasteiger partial charge on any atom is 0.141 e. The topological polar surface area (TPSA) is 86.2 Å². The summed E-state index contributed by atoms with van der Waals surface area (Å²) in [5.41, 5.74) is 2.10. The molecule has 3 fully saturated rings. The molecule has 0 aromatic heterocycles. The van der Waals surface area contributed by atoms with Gasteiger partial charge in [0.05, 0.1) is 12.8 Å². The lowest BCUT2D eigenvalue weighted by Gasteiger charge is -2.40. The lowest BCUT2D eigenvalue weighted by molar-refractivity contribution is -0.141. The average Bonchev–Trinajstić information content (AvgIpc) is 3.24. The Labute approximate surface area is 169 Å². The summed E-state index contributed by atoms with van der Waals surface area (Å²) in [4.78, 5) is 2.17. The molecule has 4 N–H and O–H groups in total. The Kier molecular flexibility index (Phi) is 5.13. The molecule has 4 aliphatic heterocycles. The number of nitrogens with one attached hydrogen (secondary N) is 2. The van der Waals surface area contributed by atoms with Crippen LogP contribution in [0.4, 0.5) is 0 Å². The highest BCUT2D eigenvalue weighted by Gasteiger charge is 2.53. The Morgan fingerprint density at radius 3 is 2.93 bits per heavy atom. The highest BCUT2D eigenvalue weighted by atomic mass is 35.5. The van der Waals surface area contributed by atoms with Crippen LogP contribution in [0.25, 0.3) is 0 Å². The number of halogens is 1. The molecule has 0 amide bonds. The van der Waals surface area contributed by atoms with Gasteiger partial charge in [-0.1, -0.05) is 17.7 Å². The van der Waals surface area contributed by atoms with Crippen molar-refractivity contribution in [1.29, 1.82) is 0 Å². The second-order valence-corrected chi connectivity index (χ2v) is 8.80. The van der Waals surface area contributed by atoms with Crippen molar-refractivity contribution in [3.63, 3.8) is 0 Å². The van der Waals surface area contributed by atoms with E-state index < -0.39 is 30.6 Å². The monoisotopic (exact) mass is 409 g/mol. The third kappa shape index (κ3) is 3.09. The van der Waals surface area contributed by atoms with E-state index in [0.717, 1.165) is 37.2 Å². The van der Waals surface area contributed by atoms with Crippen LogP contribution in [0.2, 0.25) is 5.02 Å². The molecule has 8 heteroatoms. The van der Waals surface area contributed by atoms with Crippen molar-refractivity contribution in [2.75, 3.05) is 19.8 Å². The number of nitrogens with zero attached hydrogens (tertiary/aromatic N) is 1. The van der Waals surface area contributed by atoms with Crippen LogP contribution >= 0.6 is 11.6 Å². The number of hydrogen-bond acceptors (Lipinski definition) is 7. The molecular weight excluding hydrogens is 382 g/mol. The minimum atomic E-state index is -1.00. The van der Waals surface area contributed by atoms with Crippen LogP contribution in [0.1, 0.15) is 30.6 Å². The van der Waals surface area contributed by atoms with Crippen molar-refractivity contribution in [1.82, 2.24) is 15.5 Å². The fourth-order valence-corrected chi connectivity index (χ4v) is 5.52. The Morgan fingerprint density at radius 1 is 1.21 bits per heavy atom. The quantitative estimate of drug-likeness (QED) is 0.568. The van der Waals surface area contributed by atoms with E-state index in [2.05, 4.69) is 22.5 Å². The van der Waals surface area contributed by atoms with Crippen LogP contribution < -0.4 is 10.6 Å². The van der Waals surface area contributed by atoms with E-state index in [4.69, 9.17) is 21.1 Å². The van der Waals surface area contributed by atoms with Gasteiger partial charge in [0.2, 0.25) is 0 Å². The molecule has 0 bridgehead atoms. The summed E-state index contributed by atoms with van der Waals surface area (Å²) in [7, 11) is 0. The molecule has 8 atom stereocenters. The molecule has 4 aliphatic rings. The van der Waals surface area contributed by atoms with Gasteiger partial charge in [-0.15, -0.1) is 0 Å². The normalized spacial score (nSPS) is 43.7. The molecule has 154 valence electrons. The molecule has 4 heterocycles. The molecule has 7 nitrogen and oxygen atoms in total. The summed E-state index contributed by atoms with van der Waals surface area (Å²) in [6.07, 6.45) is -1.60. The molecular formula is C20H28ClN3O4. The SMILES string of the molecule is CC1NCNC2C1CCN2[C@@H]1O[C@H]([C@H]2OCCc3cc(Cl)ccc32)[C@@H](O)[C@H]1O. The van der Waals surface area contributed by atoms with Crippen LogP contribution in [0.5, 0.6) is 0 Å². The molecule has 5 rings (SSSR count). The van der Waals surface area contributed by atoms with Crippen molar-refractivity contribution in [3.05, 3.63) is 34.3 Å². The van der Waals surface area contributed by atoms with Gasteiger partial charge in [0.1, 0.15) is 30.6 Å². The van der Waals surface area contributed by atoms with Gasteiger partial charge in [-0.25, -0.2) is 0 Å². The van der Waals surface area contributed by atoms with Gasteiger partial charge in [-0.3, -0.25) is 10.2 Å². The van der Waals surface area contributed by atoms with E-state index in [1.54, 1.807) is 0 Å². The van der Waals surface area contributed by atoms with E-state index in [0.29, 0.717) is 23.6 Å². The number of ether oxygens (including phenoxy) is 2. The smallest absolute Gasteiger partial charge is 0.141 e. The van der Waals surface area contributed by atoms with E-state index in [1.807, 2.05) is 18.2 Å². The van der Waals surface area contributed by atoms with Crippen LogP contribution in [-0.2, 0) is 15.9 Å². The first-order valence-electron chi connectivity index (χ1n) is 10.2. The van der Waals surface area contributed by atoms with Gasteiger partial charge >= 0.3 is 0 Å². The van der Waals surface area contributed by atoms with E-state index in [1.165, 1.54) is 0 Å². The van der Waals surface area contributed by atoms with Crippen molar-refractivity contribution in [2.45, 2.75) is 62.6 Å².